The van der Waals surface area contributed by atoms with Crippen LogP contribution in [-0.4, -0.2) is 30.8 Å². The van der Waals surface area contributed by atoms with Gasteiger partial charge < -0.3 is 10.6 Å². The van der Waals surface area contributed by atoms with E-state index in [9.17, 15) is 9.59 Å². The van der Waals surface area contributed by atoms with Crippen molar-refractivity contribution in [1.29, 1.82) is 0 Å². The van der Waals surface area contributed by atoms with Crippen molar-refractivity contribution in [3.8, 4) is 0 Å². The first kappa shape index (κ1) is 19.0. The number of hydrogen-bond donors (Lipinski definition) is 2. The predicted octanol–water partition coefficient (Wildman–Crippen LogP) is 3.07. The van der Waals surface area contributed by atoms with E-state index in [2.05, 4.69) is 10.6 Å². The van der Waals surface area contributed by atoms with Crippen molar-refractivity contribution in [2.75, 3.05) is 19.0 Å². The minimum absolute atomic E-state index is 0.0439. The van der Waals surface area contributed by atoms with Gasteiger partial charge >= 0.3 is 0 Å². The van der Waals surface area contributed by atoms with Gasteiger partial charge in [0.05, 0.1) is 5.92 Å². The molecule has 2 aromatic carbocycles. The minimum atomic E-state index is -0.366. The SMILES string of the molecule is O=C(CCCCl)NCCNC(=O)C(c1ccccc1)c1ccccc1. The minimum Gasteiger partial charge on any atom is -0.354 e. The Morgan fingerprint density at radius 3 is 1.88 bits per heavy atom. The summed E-state index contributed by atoms with van der Waals surface area (Å²) < 4.78 is 0. The zero-order valence-corrected chi connectivity index (χ0v) is 14.8. The summed E-state index contributed by atoms with van der Waals surface area (Å²) in [5, 5.41) is 5.69. The van der Waals surface area contributed by atoms with Crippen LogP contribution in [0.5, 0.6) is 0 Å². The van der Waals surface area contributed by atoms with Crippen molar-refractivity contribution in [1.82, 2.24) is 10.6 Å². The van der Waals surface area contributed by atoms with E-state index in [0.717, 1.165) is 11.1 Å². The Hall–Kier alpha value is -2.33. The maximum Gasteiger partial charge on any atom is 0.232 e. The molecule has 0 spiro atoms. The molecule has 0 unspecified atom stereocenters. The molecule has 2 rings (SSSR count). The molecule has 0 aliphatic heterocycles. The van der Waals surface area contributed by atoms with Crippen LogP contribution < -0.4 is 10.6 Å². The molecule has 0 atom stereocenters. The summed E-state index contributed by atoms with van der Waals surface area (Å²) in [7, 11) is 0. The topological polar surface area (TPSA) is 58.2 Å². The second-order valence-electron chi connectivity index (χ2n) is 5.69. The van der Waals surface area contributed by atoms with E-state index < -0.39 is 0 Å². The zero-order chi connectivity index (χ0) is 17.9. The molecule has 0 saturated carbocycles. The van der Waals surface area contributed by atoms with Gasteiger partial charge in [-0.3, -0.25) is 9.59 Å². The van der Waals surface area contributed by atoms with Crippen LogP contribution in [0.1, 0.15) is 29.9 Å². The highest BCUT2D eigenvalue weighted by atomic mass is 35.5. The zero-order valence-electron chi connectivity index (χ0n) is 14.1. The largest absolute Gasteiger partial charge is 0.354 e. The molecule has 2 N–H and O–H groups in total. The molecule has 0 aliphatic carbocycles. The normalized spacial score (nSPS) is 10.5. The molecule has 0 bridgehead atoms. The van der Waals surface area contributed by atoms with Gasteiger partial charge in [0.15, 0.2) is 0 Å². The first-order chi connectivity index (χ1) is 12.2. The van der Waals surface area contributed by atoms with Gasteiger partial charge in [0.2, 0.25) is 11.8 Å². The maximum atomic E-state index is 12.7. The van der Waals surface area contributed by atoms with Gasteiger partial charge in [-0.25, -0.2) is 0 Å². The predicted molar refractivity (Wildman–Crippen MR) is 101 cm³/mol. The molecule has 0 aliphatic rings. The van der Waals surface area contributed by atoms with Crippen LogP contribution in [0.2, 0.25) is 0 Å². The Labute approximate surface area is 153 Å². The van der Waals surface area contributed by atoms with E-state index in [1.807, 2.05) is 60.7 Å². The van der Waals surface area contributed by atoms with Gasteiger partial charge in [0.1, 0.15) is 0 Å². The highest BCUT2D eigenvalue weighted by Gasteiger charge is 2.21. The first-order valence-electron chi connectivity index (χ1n) is 8.42. The Bertz CT molecular complexity index is 622. The molecule has 2 aromatic rings. The third-order valence-corrected chi connectivity index (χ3v) is 4.08. The Morgan fingerprint density at radius 1 is 0.840 bits per heavy atom. The summed E-state index contributed by atoms with van der Waals surface area (Å²) in [4.78, 5) is 24.3. The van der Waals surface area contributed by atoms with E-state index >= 15 is 0 Å². The lowest BCUT2D eigenvalue weighted by atomic mass is 9.90. The quantitative estimate of drug-likeness (QED) is 0.534. The Kier molecular flexibility index (Phi) is 7.99. The van der Waals surface area contributed by atoms with Crippen LogP contribution in [-0.2, 0) is 9.59 Å². The van der Waals surface area contributed by atoms with Crippen LogP contribution in [0.3, 0.4) is 0 Å². The second kappa shape index (κ2) is 10.5. The van der Waals surface area contributed by atoms with Gasteiger partial charge in [-0.15, -0.1) is 11.6 Å². The molecule has 0 fully saturated rings. The maximum absolute atomic E-state index is 12.7. The third-order valence-electron chi connectivity index (χ3n) is 3.81. The van der Waals surface area contributed by atoms with Crippen molar-refractivity contribution in [3.05, 3.63) is 71.8 Å². The van der Waals surface area contributed by atoms with E-state index in [0.29, 0.717) is 31.8 Å². The molecule has 4 nitrogen and oxygen atoms in total. The van der Waals surface area contributed by atoms with Crippen molar-refractivity contribution in [2.24, 2.45) is 0 Å². The van der Waals surface area contributed by atoms with Gasteiger partial charge in [-0.2, -0.15) is 0 Å². The van der Waals surface area contributed by atoms with E-state index in [4.69, 9.17) is 11.6 Å². The number of rotatable bonds is 9. The summed E-state index contributed by atoms with van der Waals surface area (Å²) in [5.41, 5.74) is 1.88. The molecule has 2 amide bonds. The molecular formula is C20H23ClN2O2. The average Bonchev–Trinajstić information content (AvgIpc) is 2.65. The van der Waals surface area contributed by atoms with Crippen molar-refractivity contribution in [2.45, 2.75) is 18.8 Å². The molecule has 0 aromatic heterocycles. The summed E-state index contributed by atoms with van der Waals surface area (Å²) >= 11 is 5.56. The highest BCUT2D eigenvalue weighted by molar-refractivity contribution is 6.17. The third kappa shape index (κ3) is 6.24. The van der Waals surface area contributed by atoms with Crippen LogP contribution in [0.4, 0.5) is 0 Å². The van der Waals surface area contributed by atoms with Crippen molar-refractivity contribution in [3.63, 3.8) is 0 Å². The standard InChI is InChI=1S/C20H23ClN2O2/c21-13-7-12-18(24)22-14-15-23-20(25)19(16-8-3-1-4-9-16)17-10-5-2-6-11-17/h1-6,8-11,19H,7,12-15H2,(H,22,24)(H,23,25). The van der Waals surface area contributed by atoms with Gasteiger partial charge in [-0.05, 0) is 17.5 Å². The van der Waals surface area contributed by atoms with Crippen LogP contribution in [0.15, 0.2) is 60.7 Å². The van der Waals surface area contributed by atoms with Crippen LogP contribution >= 0.6 is 11.6 Å². The second-order valence-corrected chi connectivity index (χ2v) is 6.07. The number of nitrogens with one attached hydrogen (secondary N) is 2. The lowest BCUT2D eigenvalue weighted by Gasteiger charge is -2.18. The average molecular weight is 359 g/mol. The van der Waals surface area contributed by atoms with E-state index in [-0.39, 0.29) is 17.7 Å². The molecule has 5 heteroatoms. The highest BCUT2D eigenvalue weighted by Crippen LogP contribution is 2.24. The molecule has 0 heterocycles. The summed E-state index contributed by atoms with van der Waals surface area (Å²) in [5.74, 6) is -0.0145. The number of alkyl halides is 1. The molecular weight excluding hydrogens is 336 g/mol. The summed E-state index contributed by atoms with van der Waals surface area (Å²) in [6, 6.07) is 19.4. The van der Waals surface area contributed by atoms with Gasteiger partial charge in [-0.1, -0.05) is 60.7 Å². The Balaban J connectivity index is 1.94. The van der Waals surface area contributed by atoms with Crippen molar-refractivity contribution >= 4 is 23.4 Å². The van der Waals surface area contributed by atoms with Crippen LogP contribution in [0.25, 0.3) is 0 Å². The molecule has 0 saturated heterocycles. The molecule has 25 heavy (non-hydrogen) atoms. The summed E-state index contributed by atoms with van der Waals surface area (Å²) in [6.07, 6.45) is 1.07. The number of benzene rings is 2. The number of hydrogen-bond acceptors (Lipinski definition) is 2. The Morgan fingerprint density at radius 2 is 1.36 bits per heavy atom. The smallest absolute Gasteiger partial charge is 0.232 e. The first-order valence-corrected chi connectivity index (χ1v) is 8.96. The number of halogens is 1. The lowest BCUT2D eigenvalue weighted by molar-refractivity contribution is -0.123. The van der Waals surface area contributed by atoms with Gasteiger partial charge in [0.25, 0.3) is 0 Å². The van der Waals surface area contributed by atoms with E-state index in [1.165, 1.54) is 0 Å². The molecule has 0 radical (unpaired) electrons. The van der Waals surface area contributed by atoms with Gasteiger partial charge in [0, 0.05) is 25.4 Å². The lowest BCUT2D eigenvalue weighted by Crippen LogP contribution is -2.37. The van der Waals surface area contributed by atoms with Crippen molar-refractivity contribution < 1.29 is 9.59 Å². The molecule has 132 valence electrons. The number of carbonyl (C=O) groups excluding carboxylic acids is 2. The van der Waals surface area contributed by atoms with E-state index in [1.54, 1.807) is 0 Å². The summed E-state index contributed by atoms with van der Waals surface area (Å²) in [6.45, 7) is 0.796. The number of amides is 2. The number of carbonyl (C=O) groups is 2. The fourth-order valence-electron chi connectivity index (χ4n) is 2.59. The fraction of sp³-hybridized carbons (Fsp3) is 0.300. The van der Waals surface area contributed by atoms with Crippen LogP contribution in [0, 0.1) is 0 Å². The fourth-order valence-corrected chi connectivity index (χ4v) is 2.73. The monoisotopic (exact) mass is 358 g/mol.